The highest BCUT2D eigenvalue weighted by Crippen LogP contribution is 2.22. The maximum Gasteiger partial charge on any atom is 0.348 e. The van der Waals surface area contributed by atoms with Crippen molar-refractivity contribution in [1.29, 1.82) is 0 Å². The number of rotatable bonds is 4. The number of nitrogens with zero attached hydrogens (tertiary/aromatic N) is 1. The highest BCUT2D eigenvalue weighted by atomic mass is 35.5. The minimum absolute atomic E-state index is 0.0458. The van der Waals surface area contributed by atoms with Crippen LogP contribution in [0.1, 0.15) is 23.5 Å². The summed E-state index contributed by atoms with van der Waals surface area (Å²) in [5.41, 5.74) is 0. The molecule has 0 aromatic carbocycles. The van der Waals surface area contributed by atoms with Crippen LogP contribution < -0.4 is 0 Å². The average Bonchev–Trinajstić information content (AvgIpc) is 2.83. The third-order valence-electron chi connectivity index (χ3n) is 3.08. The maximum absolute atomic E-state index is 11.8. The third-order valence-corrected chi connectivity index (χ3v) is 4.29. The Morgan fingerprint density at radius 3 is 3.05 bits per heavy atom. The van der Waals surface area contributed by atoms with E-state index in [2.05, 4.69) is 18.7 Å². The fourth-order valence-electron chi connectivity index (χ4n) is 1.98. The second-order valence-electron chi connectivity index (χ2n) is 4.78. The van der Waals surface area contributed by atoms with Gasteiger partial charge in [0, 0.05) is 19.1 Å². The van der Waals surface area contributed by atoms with Crippen molar-refractivity contribution in [3.8, 4) is 0 Å². The van der Waals surface area contributed by atoms with Gasteiger partial charge in [0.25, 0.3) is 0 Å². The molecule has 0 radical (unpaired) electrons. The Morgan fingerprint density at radius 2 is 2.42 bits per heavy atom. The Hall–Kier alpha value is -0.620. The van der Waals surface area contributed by atoms with E-state index in [1.165, 1.54) is 11.3 Å². The molecule has 1 saturated heterocycles. The largest absolute Gasteiger partial charge is 0.459 e. The average molecular weight is 304 g/mol. The van der Waals surface area contributed by atoms with E-state index < -0.39 is 0 Å². The van der Waals surface area contributed by atoms with Crippen LogP contribution in [-0.2, 0) is 9.47 Å². The minimum atomic E-state index is -0.331. The maximum atomic E-state index is 11.8. The Labute approximate surface area is 122 Å². The second-order valence-corrected chi connectivity index (χ2v) is 6.50. The van der Waals surface area contributed by atoms with Gasteiger partial charge in [-0.3, -0.25) is 4.90 Å². The van der Waals surface area contributed by atoms with Crippen LogP contribution in [0.25, 0.3) is 0 Å². The van der Waals surface area contributed by atoms with Crippen LogP contribution in [0, 0.1) is 0 Å². The smallest absolute Gasteiger partial charge is 0.348 e. The third kappa shape index (κ3) is 4.18. The van der Waals surface area contributed by atoms with Crippen LogP contribution in [-0.4, -0.2) is 49.3 Å². The number of carbonyl (C=O) groups is 1. The van der Waals surface area contributed by atoms with Crippen LogP contribution in [0.2, 0.25) is 4.34 Å². The number of hydrogen-bond donors (Lipinski definition) is 0. The lowest BCUT2D eigenvalue weighted by molar-refractivity contribution is -0.0661. The molecule has 19 heavy (non-hydrogen) atoms. The molecule has 1 aliphatic rings. The molecule has 0 N–H and O–H groups in total. The fourth-order valence-corrected chi connectivity index (χ4v) is 2.91. The highest BCUT2D eigenvalue weighted by Gasteiger charge is 2.23. The SMILES string of the molecule is CC(C)N1CCO[C@@H](COC(=O)c2ccc(Cl)s2)C1. The predicted octanol–water partition coefficient (Wildman–Crippen LogP) is 2.67. The summed E-state index contributed by atoms with van der Waals surface area (Å²) >= 11 is 7.01. The van der Waals surface area contributed by atoms with Crippen molar-refractivity contribution in [2.24, 2.45) is 0 Å². The normalized spacial score (nSPS) is 20.7. The quantitative estimate of drug-likeness (QED) is 0.802. The van der Waals surface area contributed by atoms with Crippen molar-refractivity contribution >= 4 is 28.9 Å². The summed E-state index contributed by atoms with van der Waals surface area (Å²) in [5, 5.41) is 0. The number of thiophene rings is 1. The molecule has 0 saturated carbocycles. The molecule has 1 aromatic rings. The van der Waals surface area contributed by atoms with Gasteiger partial charge in [0.1, 0.15) is 17.6 Å². The lowest BCUT2D eigenvalue weighted by atomic mass is 10.2. The number of hydrogen-bond acceptors (Lipinski definition) is 5. The standard InChI is InChI=1S/C13H18ClNO3S/c1-9(2)15-5-6-17-10(7-15)8-18-13(16)11-3-4-12(14)19-11/h3-4,9-10H,5-8H2,1-2H3/t10-/m1/s1. The van der Waals surface area contributed by atoms with Gasteiger partial charge in [-0.2, -0.15) is 0 Å². The van der Waals surface area contributed by atoms with E-state index in [9.17, 15) is 4.79 Å². The van der Waals surface area contributed by atoms with Gasteiger partial charge in [0.05, 0.1) is 10.9 Å². The number of morpholine rings is 1. The van der Waals surface area contributed by atoms with Crippen molar-refractivity contribution in [2.45, 2.75) is 26.0 Å². The Bertz CT molecular complexity index is 435. The molecular formula is C13H18ClNO3S. The minimum Gasteiger partial charge on any atom is -0.459 e. The van der Waals surface area contributed by atoms with Crippen molar-refractivity contribution < 1.29 is 14.3 Å². The first-order chi connectivity index (χ1) is 9.06. The zero-order valence-electron chi connectivity index (χ0n) is 11.1. The summed E-state index contributed by atoms with van der Waals surface area (Å²) in [6.45, 7) is 7.02. The molecule has 4 nitrogen and oxygen atoms in total. The van der Waals surface area contributed by atoms with Crippen LogP contribution >= 0.6 is 22.9 Å². The van der Waals surface area contributed by atoms with E-state index in [1.807, 2.05) is 0 Å². The van der Waals surface area contributed by atoms with Gasteiger partial charge < -0.3 is 9.47 Å². The topological polar surface area (TPSA) is 38.8 Å². The molecule has 0 bridgehead atoms. The van der Waals surface area contributed by atoms with Gasteiger partial charge in [-0.1, -0.05) is 11.6 Å². The summed E-state index contributed by atoms with van der Waals surface area (Å²) < 4.78 is 11.5. The molecule has 0 amide bonds. The first-order valence-electron chi connectivity index (χ1n) is 6.34. The van der Waals surface area contributed by atoms with Crippen molar-refractivity contribution in [1.82, 2.24) is 4.90 Å². The number of carbonyl (C=O) groups excluding carboxylic acids is 1. The van der Waals surface area contributed by atoms with E-state index in [0.717, 1.165) is 13.1 Å². The zero-order valence-corrected chi connectivity index (χ0v) is 12.7. The lowest BCUT2D eigenvalue weighted by Crippen LogP contribution is -2.47. The van der Waals surface area contributed by atoms with Gasteiger partial charge >= 0.3 is 5.97 Å². The fraction of sp³-hybridized carbons (Fsp3) is 0.615. The lowest BCUT2D eigenvalue weighted by Gasteiger charge is -2.35. The summed E-state index contributed by atoms with van der Waals surface area (Å²) in [4.78, 5) is 14.6. The molecule has 0 aliphatic carbocycles. The van der Waals surface area contributed by atoms with Crippen molar-refractivity contribution in [3.63, 3.8) is 0 Å². The van der Waals surface area contributed by atoms with Crippen molar-refractivity contribution in [3.05, 3.63) is 21.3 Å². The second kappa shape index (κ2) is 6.70. The number of ether oxygens (including phenoxy) is 2. The molecule has 1 atom stereocenters. The molecule has 6 heteroatoms. The Morgan fingerprint density at radius 1 is 1.63 bits per heavy atom. The van der Waals surface area contributed by atoms with Gasteiger partial charge in [-0.15, -0.1) is 11.3 Å². The molecule has 0 spiro atoms. The first-order valence-corrected chi connectivity index (χ1v) is 7.54. The van der Waals surface area contributed by atoms with Gasteiger partial charge in [0.2, 0.25) is 0 Å². The molecule has 2 heterocycles. The van der Waals surface area contributed by atoms with Gasteiger partial charge in [-0.05, 0) is 26.0 Å². The molecule has 1 aliphatic heterocycles. The van der Waals surface area contributed by atoms with Crippen LogP contribution in [0.3, 0.4) is 0 Å². The van der Waals surface area contributed by atoms with E-state index in [4.69, 9.17) is 21.1 Å². The van der Waals surface area contributed by atoms with E-state index in [1.54, 1.807) is 12.1 Å². The molecule has 2 rings (SSSR count). The van der Waals surface area contributed by atoms with Crippen LogP contribution in [0.15, 0.2) is 12.1 Å². The molecular weight excluding hydrogens is 286 g/mol. The Kier molecular flexibility index (Phi) is 5.21. The van der Waals surface area contributed by atoms with E-state index in [-0.39, 0.29) is 18.7 Å². The van der Waals surface area contributed by atoms with E-state index >= 15 is 0 Å². The van der Waals surface area contributed by atoms with E-state index in [0.29, 0.717) is 21.9 Å². The van der Waals surface area contributed by atoms with Crippen LogP contribution in [0.5, 0.6) is 0 Å². The summed E-state index contributed by atoms with van der Waals surface area (Å²) in [6, 6.07) is 3.86. The van der Waals surface area contributed by atoms with Gasteiger partial charge in [-0.25, -0.2) is 4.79 Å². The molecule has 0 unspecified atom stereocenters. The first kappa shape index (κ1) is 14.8. The number of esters is 1. The summed E-state index contributed by atoms with van der Waals surface area (Å²) in [6.07, 6.45) is -0.0458. The van der Waals surface area contributed by atoms with Crippen LogP contribution in [0.4, 0.5) is 0 Å². The van der Waals surface area contributed by atoms with Gasteiger partial charge in [0.15, 0.2) is 0 Å². The number of halogens is 1. The molecule has 106 valence electrons. The molecule has 1 aromatic heterocycles. The summed E-state index contributed by atoms with van der Waals surface area (Å²) in [7, 11) is 0. The predicted molar refractivity (Wildman–Crippen MR) is 76.1 cm³/mol. The molecule has 1 fully saturated rings. The summed E-state index contributed by atoms with van der Waals surface area (Å²) in [5.74, 6) is -0.331. The monoisotopic (exact) mass is 303 g/mol. The zero-order chi connectivity index (χ0) is 13.8. The highest BCUT2D eigenvalue weighted by molar-refractivity contribution is 7.17. The van der Waals surface area contributed by atoms with Crippen molar-refractivity contribution in [2.75, 3.05) is 26.3 Å². The Balaban J connectivity index is 1.80.